The van der Waals surface area contributed by atoms with E-state index in [0.29, 0.717) is 6.61 Å². The molecular weight excluding hydrogens is 252 g/mol. The smallest absolute Gasteiger partial charge is 0.303 e. The zero-order chi connectivity index (χ0) is 13.9. The van der Waals surface area contributed by atoms with Crippen molar-refractivity contribution in [1.29, 1.82) is 0 Å². The van der Waals surface area contributed by atoms with Crippen LogP contribution in [0.15, 0.2) is 48.5 Å². The highest BCUT2D eigenvalue weighted by molar-refractivity contribution is 5.70. The molecule has 1 aliphatic rings. The molecule has 3 heteroatoms. The van der Waals surface area contributed by atoms with Crippen molar-refractivity contribution in [3.8, 4) is 16.9 Å². The number of hydrogen-bond acceptors (Lipinski definition) is 2. The molecule has 3 nitrogen and oxygen atoms in total. The summed E-state index contributed by atoms with van der Waals surface area (Å²) in [5.74, 6) is 0.107. The first-order valence-electron chi connectivity index (χ1n) is 6.78. The van der Waals surface area contributed by atoms with Gasteiger partial charge in [0.25, 0.3) is 0 Å². The van der Waals surface area contributed by atoms with E-state index in [9.17, 15) is 4.79 Å². The van der Waals surface area contributed by atoms with Crippen molar-refractivity contribution in [2.24, 2.45) is 0 Å². The van der Waals surface area contributed by atoms with Crippen LogP contribution in [0.2, 0.25) is 0 Å². The van der Waals surface area contributed by atoms with E-state index in [0.717, 1.165) is 28.9 Å². The summed E-state index contributed by atoms with van der Waals surface area (Å²) in [4.78, 5) is 11.0. The molecule has 0 fully saturated rings. The summed E-state index contributed by atoms with van der Waals surface area (Å²) in [5, 5.41) is 9.04. The third-order valence-electron chi connectivity index (χ3n) is 3.70. The molecule has 2 aromatic rings. The quantitative estimate of drug-likeness (QED) is 0.923. The molecule has 20 heavy (non-hydrogen) atoms. The SMILES string of the molecule is O=C(O)CC1CCOc2ccc(-c3ccccc3)cc21. The lowest BCUT2D eigenvalue weighted by Crippen LogP contribution is -2.17. The summed E-state index contributed by atoms with van der Waals surface area (Å²) < 4.78 is 5.63. The van der Waals surface area contributed by atoms with Crippen LogP contribution in [0.25, 0.3) is 11.1 Å². The molecule has 0 amide bonds. The van der Waals surface area contributed by atoms with Gasteiger partial charge in [0.15, 0.2) is 0 Å². The fourth-order valence-electron chi connectivity index (χ4n) is 2.70. The van der Waals surface area contributed by atoms with E-state index in [1.54, 1.807) is 0 Å². The fourth-order valence-corrected chi connectivity index (χ4v) is 2.70. The van der Waals surface area contributed by atoms with Crippen molar-refractivity contribution in [2.75, 3.05) is 6.61 Å². The highest BCUT2D eigenvalue weighted by Gasteiger charge is 2.24. The Morgan fingerprint density at radius 1 is 1.15 bits per heavy atom. The van der Waals surface area contributed by atoms with Crippen molar-refractivity contribution in [1.82, 2.24) is 0 Å². The average Bonchev–Trinajstić information content (AvgIpc) is 2.47. The van der Waals surface area contributed by atoms with Crippen molar-refractivity contribution < 1.29 is 14.6 Å². The fraction of sp³-hybridized carbons (Fsp3) is 0.235. The number of carboxylic acid groups (broad SMARTS) is 1. The number of fused-ring (bicyclic) bond motifs is 1. The maximum Gasteiger partial charge on any atom is 0.303 e. The Morgan fingerprint density at radius 3 is 2.70 bits per heavy atom. The Kier molecular flexibility index (Phi) is 3.42. The number of carbonyl (C=O) groups is 1. The molecule has 1 N–H and O–H groups in total. The molecule has 1 heterocycles. The number of carboxylic acids is 1. The number of ether oxygens (including phenoxy) is 1. The Balaban J connectivity index is 1.99. The standard InChI is InChI=1S/C17H16O3/c18-17(19)11-14-8-9-20-16-7-6-13(10-15(14)16)12-4-2-1-3-5-12/h1-7,10,14H,8-9,11H2,(H,18,19). The van der Waals surface area contributed by atoms with Crippen LogP contribution in [0.3, 0.4) is 0 Å². The van der Waals surface area contributed by atoms with Gasteiger partial charge in [-0.2, -0.15) is 0 Å². The van der Waals surface area contributed by atoms with Crippen molar-refractivity contribution in [3.05, 3.63) is 54.1 Å². The first-order chi connectivity index (χ1) is 9.74. The number of rotatable bonds is 3. The normalized spacial score (nSPS) is 17.1. The summed E-state index contributed by atoms with van der Waals surface area (Å²) in [6, 6.07) is 16.1. The first kappa shape index (κ1) is 12.7. The minimum atomic E-state index is -0.757. The molecule has 0 saturated carbocycles. The van der Waals surface area contributed by atoms with Crippen LogP contribution in [0, 0.1) is 0 Å². The summed E-state index contributed by atoms with van der Waals surface area (Å²) in [5.41, 5.74) is 3.25. The summed E-state index contributed by atoms with van der Waals surface area (Å²) in [6.45, 7) is 0.593. The molecule has 3 rings (SSSR count). The van der Waals surface area contributed by atoms with E-state index in [1.807, 2.05) is 30.3 Å². The topological polar surface area (TPSA) is 46.5 Å². The summed E-state index contributed by atoms with van der Waals surface area (Å²) >= 11 is 0. The summed E-state index contributed by atoms with van der Waals surface area (Å²) in [7, 11) is 0. The van der Waals surface area contributed by atoms with E-state index in [2.05, 4.69) is 18.2 Å². The van der Waals surface area contributed by atoms with Crippen LogP contribution in [-0.4, -0.2) is 17.7 Å². The lowest BCUT2D eigenvalue weighted by molar-refractivity contribution is -0.137. The molecule has 1 aliphatic heterocycles. The number of hydrogen-bond donors (Lipinski definition) is 1. The van der Waals surface area contributed by atoms with Crippen molar-refractivity contribution >= 4 is 5.97 Å². The summed E-state index contributed by atoms with van der Waals surface area (Å²) in [6.07, 6.45) is 0.923. The molecule has 1 atom stereocenters. The maximum atomic E-state index is 11.0. The van der Waals surface area contributed by atoms with Gasteiger partial charge in [0.05, 0.1) is 13.0 Å². The molecule has 0 saturated heterocycles. The number of benzene rings is 2. The Morgan fingerprint density at radius 2 is 1.95 bits per heavy atom. The Labute approximate surface area is 117 Å². The predicted molar refractivity (Wildman–Crippen MR) is 77.0 cm³/mol. The molecule has 2 aromatic carbocycles. The van der Waals surface area contributed by atoms with Gasteiger partial charge in [-0.3, -0.25) is 4.79 Å². The van der Waals surface area contributed by atoms with Gasteiger partial charge in [0.2, 0.25) is 0 Å². The third-order valence-corrected chi connectivity index (χ3v) is 3.70. The molecule has 0 radical (unpaired) electrons. The second-order valence-corrected chi connectivity index (χ2v) is 5.05. The lowest BCUT2D eigenvalue weighted by atomic mass is 9.88. The second kappa shape index (κ2) is 5.37. The third kappa shape index (κ3) is 2.52. The van der Waals surface area contributed by atoms with Crippen molar-refractivity contribution in [3.63, 3.8) is 0 Å². The lowest BCUT2D eigenvalue weighted by Gasteiger charge is -2.25. The zero-order valence-electron chi connectivity index (χ0n) is 11.1. The Hall–Kier alpha value is -2.29. The molecule has 0 spiro atoms. The van der Waals surface area contributed by atoms with E-state index < -0.39 is 5.97 Å². The van der Waals surface area contributed by atoms with Crippen LogP contribution in [-0.2, 0) is 4.79 Å². The van der Waals surface area contributed by atoms with E-state index in [4.69, 9.17) is 9.84 Å². The van der Waals surface area contributed by atoms with Crippen LogP contribution in [0.4, 0.5) is 0 Å². The van der Waals surface area contributed by atoms with Gasteiger partial charge < -0.3 is 9.84 Å². The van der Waals surface area contributed by atoms with Gasteiger partial charge >= 0.3 is 5.97 Å². The monoisotopic (exact) mass is 268 g/mol. The molecule has 0 aliphatic carbocycles. The van der Waals surface area contributed by atoms with Crippen LogP contribution in [0.5, 0.6) is 5.75 Å². The van der Waals surface area contributed by atoms with Gasteiger partial charge in [-0.05, 0) is 35.2 Å². The van der Waals surface area contributed by atoms with Gasteiger partial charge in [-0.15, -0.1) is 0 Å². The minimum absolute atomic E-state index is 0.0416. The molecule has 0 bridgehead atoms. The molecule has 1 unspecified atom stereocenters. The largest absolute Gasteiger partial charge is 0.493 e. The van der Waals surface area contributed by atoms with E-state index >= 15 is 0 Å². The predicted octanol–water partition coefficient (Wildman–Crippen LogP) is 3.69. The van der Waals surface area contributed by atoms with Crippen LogP contribution >= 0.6 is 0 Å². The van der Waals surface area contributed by atoms with Gasteiger partial charge in [0.1, 0.15) is 5.75 Å². The van der Waals surface area contributed by atoms with Crippen molar-refractivity contribution in [2.45, 2.75) is 18.8 Å². The molecular formula is C17H16O3. The highest BCUT2D eigenvalue weighted by atomic mass is 16.5. The highest BCUT2D eigenvalue weighted by Crippen LogP contribution is 2.38. The van der Waals surface area contributed by atoms with Crippen LogP contribution < -0.4 is 4.74 Å². The first-order valence-corrected chi connectivity index (χ1v) is 6.78. The Bertz CT molecular complexity index is 619. The van der Waals surface area contributed by atoms with Gasteiger partial charge in [0, 0.05) is 5.92 Å². The van der Waals surface area contributed by atoms with Gasteiger partial charge in [-0.25, -0.2) is 0 Å². The van der Waals surface area contributed by atoms with Gasteiger partial charge in [-0.1, -0.05) is 36.4 Å². The van der Waals surface area contributed by atoms with E-state index in [1.165, 1.54) is 0 Å². The minimum Gasteiger partial charge on any atom is -0.493 e. The average molecular weight is 268 g/mol. The van der Waals surface area contributed by atoms with Crippen LogP contribution in [0.1, 0.15) is 24.3 Å². The number of aliphatic carboxylic acids is 1. The zero-order valence-corrected chi connectivity index (χ0v) is 11.1. The maximum absolute atomic E-state index is 11.0. The second-order valence-electron chi connectivity index (χ2n) is 5.05. The van der Waals surface area contributed by atoms with E-state index in [-0.39, 0.29) is 12.3 Å². The molecule has 0 aromatic heterocycles. The molecule has 102 valence electrons.